The number of amides is 1. The molecule has 18 heavy (non-hydrogen) atoms. The van der Waals surface area contributed by atoms with Crippen LogP contribution in [0.4, 0.5) is 5.95 Å². The molecule has 0 aliphatic carbocycles. The van der Waals surface area contributed by atoms with E-state index in [1.54, 1.807) is 12.4 Å². The highest BCUT2D eigenvalue weighted by Crippen LogP contribution is 2.16. The summed E-state index contributed by atoms with van der Waals surface area (Å²) >= 11 is 4.71. The monoisotopic (exact) mass is 323 g/mol. The Labute approximate surface area is 117 Å². The SMILES string of the molecule is O=C(CSc1ccccc1)Nc1ncc(Br)cn1. The number of thioether (sulfide) groups is 1. The quantitative estimate of drug-likeness (QED) is 0.879. The van der Waals surface area contributed by atoms with Crippen molar-refractivity contribution in [3.63, 3.8) is 0 Å². The second-order valence-electron chi connectivity index (χ2n) is 3.37. The van der Waals surface area contributed by atoms with E-state index in [1.807, 2.05) is 30.3 Å². The fraction of sp³-hybridized carbons (Fsp3) is 0.0833. The number of anilines is 1. The molecule has 92 valence electrons. The van der Waals surface area contributed by atoms with Gasteiger partial charge >= 0.3 is 0 Å². The second-order valence-corrected chi connectivity index (χ2v) is 5.34. The number of carbonyl (C=O) groups excluding carboxylic acids is 1. The largest absolute Gasteiger partial charge is 0.294 e. The topological polar surface area (TPSA) is 54.9 Å². The average molecular weight is 324 g/mol. The Morgan fingerprint density at radius 2 is 1.89 bits per heavy atom. The number of rotatable bonds is 4. The maximum atomic E-state index is 11.6. The van der Waals surface area contributed by atoms with Crippen molar-refractivity contribution in [2.24, 2.45) is 0 Å². The van der Waals surface area contributed by atoms with E-state index >= 15 is 0 Å². The van der Waals surface area contributed by atoms with Crippen LogP contribution in [0.3, 0.4) is 0 Å². The number of halogens is 1. The van der Waals surface area contributed by atoms with E-state index in [-0.39, 0.29) is 5.91 Å². The summed E-state index contributed by atoms with van der Waals surface area (Å²) in [6.45, 7) is 0. The van der Waals surface area contributed by atoms with Crippen LogP contribution in [0.15, 0.2) is 52.1 Å². The van der Waals surface area contributed by atoms with Gasteiger partial charge in [0, 0.05) is 17.3 Å². The number of hydrogen-bond donors (Lipinski definition) is 1. The summed E-state index contributed by atoms with van der Waals surface area (Å²) in [7, 11) is 0. The zero-order valence-corrected chi connectivity index (χ0v) is 11.7. The first-order chi connectivity index (χ1) is 8.74. The molecule has 1 N–H and O–H groups in total. The van der Waals surface area contributed by atoms with Crippen molar-refractivity contribution in [1.82, 2.24) is 9.97 Å². The number of nitrogens with zero attached hydrogens (tertiary/aromatic N) is 2. The molecule has 0 saturated carbocycles. The lowest BCUT2D eigenvalue weighted by molar-refractivity contribution is -0.113. The Morgan fingerprint density at radius 3 is 2.56 bits per heavy atom. The molecule has 1 aromatic heterocycles. The first-order valence-electron chi connectivity index (χ1n) is 5.19. The third-order valence-electron chi connectivity index (χ3n) is 1.98. The van der Waals surface area contributed by atoms with E-state index in [4.69, 9.17) is 0 Å². The van der Waals surface area contributed by atoms with Gasteiger partial charge in [-0.3, -0.25) is 10.1 Å². The number of benzene rings is 1. The molecule has 0 bridgehead atoms. The molecule has 0 unspecified atom stereocenters. The molecule has 0 radical (unpaired) electrons. The van der Waals surface area contributed by atoms with Crippen LogP contribution >= 0.6 is 27.7 Å². The summed E-state index contributed by atoms with van der Waals surface area (Å²) in [6.07, 6.45) is 3.18. The second kappa shape index (κ2) is 6.51. The highest BCUT2D eigenvalue weighted by molar-refractivity contribution is 9.10. The van der Waals surface area contributed by atoms with Crippen LogP contribution < -0.4 is 5.32 Å². The highest BCUT2D eigenvalue weighted by atomic mass is 79.9. The minimum Gasteiger partial charge on any atom is -0.294 e. The summed E-state index contributed by atoms with van der Waals surface area (Å²) in [6, 6.07) is 9.76. The van der Waals surface area contributed by atoms with Crippen LogP contribution in [0.25, 0.3) is 0 Å². The predicted molar refractivity (Wildman–Crippen MR) is 75.5 cm³/mol. The smallest absolute Gasteiger partial charge is 0.237 e. The fourth-order valence-corrected chi connectivity index (χ4v) is 2.13. The maximum Gasteiger partial charge on any atom is 0.237 e. The summed E-state index contributed by atoms with van der Waals surface area (Å²) in [5.74, 6) is 0.534. The summed E-state index contributed by atoms with van der Waals surface area (Å²) < 4.78 is 0.777. The van der Waals surface area contributed by atoms with Crippen LogP contribution in [-0.4, -0.2) is 21.6 Å². The van der Waals surface area contributed by atoms with Gasteiger partial charge in [-0.1, -0.05) is 18.2 Å². The first kappa shape index (κ1) is 13.0. The summed E-state index contributed by atoms with van der Waals surface area (Å²) in [4.78, 5) is 20.7. The maximum absolute atomic E-state index is 11.6. The molecule has 0 aliphatic heterocycles. The van der Waals surface area contributed by atoms with Gasteiger partial charge in [0.2, 0.25) is 11.9 Å². The Hall–Kier alpha value is -1.40. The lowest BCUT2D eigenvalue weighted by Crippen LogP contribution is -2.15. The van der Waals surface area contributed by atoms with Gasteiger partial charge in [-0.15, -0.1) is 11.8 Å². The lowest BCUT2D eigenvalue weighted by atomic mass is 10.4. The van der Waals surface area contributed by atoms with Crippen molar-refractivity contribution in [2.75, 3.05) is 11.1 Å². The molecule has 2 aromatic rings. The van der Waals surface area contributed by atoms with Crippen LogP contribution in [0.1, 0.15) is 0 Å². The summed E-state index contributed by atoms with van der Waals surface area (Å²) in [5.41, 5.74) is 0. The van der Waals surface area contributed by atoms with Crippen LogP contribution in [0.5, 0.6) is 0 Å². The van der Waals surface area contributed by atoms with Crippen molar-refractivity contribution in [1.29, 1.82) is 0 Å². The molecular weight excluding hydrogens is 314 g/mol. The third-order valence-corrected chi connectivity index (χ3v) is 3.41. The minimum absolute atomic E-state index is 0.119. The van der Waals surface area contributed by atoms with Gasteiger partial charge in [0.25, 0.3) is 0 Å². The van der Waals surface area contributed by atoms with E-state index in [2.05, 4.69) is 31.2 Å². The van der Waals surface area contributed by atoms with Gasteiger partial charge < -0.3 is 0 Å². The van der Waals surface area contributed by atoms with Crippen molar-refractivity contribution < 1.29 is 4.79 Å². The van der Waals surface area contributed by atoms with Crippen molar-refractivity contribution in [3.8, 4) is 0 Å². The van der Waals surface area contributed by atoms with Gasteiger partial charge in [-0.2, -0.15) is 0 Å². The van der Waals surface area contributed by atoms with Crippen molar-refractivity contribution in [3.05, 3.63) is 47.2 Å². The lowest BCUT2D eigenvalue weighted by Gasteiger charge is -2.03. The van der Waals surface area contributed by atoms with E-state index < -0.39 is 0 Å². The Balaban J connectivity index is 1.84. The molecule has 6 heteroatoms. The van der Waals surface area contributed by atoms with Crippen molar-refractivity contribution in [2.45, 2.75) is 4.90 Å². The molecule has 0 atom stereocenters. The summed E-state index contributed by atoms with van der Waals surface area (Å²) in [5, 5.41) is 2.64. The van der Waals surface area contributed by atoms with Crippen LogP contribution in [0, 0.1) is 0 Å². The Kier molecular flexibility index (Phi) is 4.72. The highest BCUT2D eigenvalue weighted by Gasteiger charge is 2.05. The molecule has 0 fully saturated rings. The van der Waals surface area contributed by atoms with E-state index in [0.29, 0.717) is 11.7 Å². The molecule has 0 saturated heterocycles. The first-order valence-corrected chi connectivity index (χ1v) is 6.97. The fourth-order valence-electron chi connectivity index (χ4n) is 1.20. The zero-order chi connectivity index (χ0) is 12.8. The van der Waals surface area contributed by atoms with Gasteiger partial charge in [0.05, 0.1) is 10.2 Å². The van der Waals surface area contributed by atoms with E-state index in [1.165, 1.54) is 11.8 Å². The molecular formula is C12H10BrN3OS. The van der Waals surface area contributed by atoms with Gasteiger partial charge in [-0.25, -0.2) is 9.97 Å². The number of nitrogens with one attached hydrogen (secondary N) is 1. The van der Waals surface area contributed by atoms with E-state index in [9.17, 15) is 4.79 Å². The number of aromatic nitrogens is 2. The van der Waals surface area contributed by atoms with Gasteiger partial charge in [-0.05, 0) is 28.1 Å². The Bertz CT molecular complexity index is 519. The normalized spacial score (nSPS) is 10.1. The predicted octanol–water partition coefficient (Wildman–Crippen LogP) is 2.97. The molecule has 2 rings (SSSR count). The third kappa shape index (κ3) is 4.12. The molecule has 1 aromatic carbocycles. The van der Waals surface area contributed by atoms with Crippen molar-refractivity contribution >= 4 is 39.5 Å². The molecule has 4 nitrogen and oxygen atoms in total. The van der Waals surface area contributed by atoms with Crippen LogP contribution in [-0.2, 0) is 4.79 Å². The van der Waals surface area contributed by atoms with Gasteiger partial charge in [0.1, 0.15) is 0 Å². The molecule has 1 heterocycles. The Morgan fingerprint density at radius 1 is 1.22 bits per heavy atom. The van der Waals surface area contributed by atoms with E-state index in [0.717, 1.165) is 9.37 Å². The average Bonchev–Trinajstić information content (AvgIpc) is 2.40. The molecule has 1 amide bonds. The number of carbonyl (C=O) groups is 1. The molecule has 0 aliphatic rings. The number of hydrogen-bond acceptors (Lipinski definition) is 4. The van der Waals surface area contributed by atoms with Crippen LogP contribution in [0.2, 0.25) is 0 Å². The zero-order valence-electron chi connectivity index (χ0n) is 9.34. The van der Waals surface area contributed by atoms with Gasteiger partial charge in [0.15, 0.2) is 0 Å². The molecule has 0 spiro atoms. The minimum atomic E-state index is -0.119. The standard InChI is InChI=1S/C12H10BrN3OS/c13-9-6-14-12(15-7-9)16-11(17)8-18-10-4-2-1-3-5-10/h1-7H,8H2,(H,14,15,16,17).